The number of ether oxygens (including phenoxy) is 1. The van der Waals surface area contributed by atoms with Crippen LogP contribution in [0.15, 0.2) is 39.5 Å². The molecule has 7 nitrogen and oxygen atoms in total. The number of carbonyl (C=O) groups is 2. The van der Waals surface area contributed by atoms with Crippen LogP contribution >= 0.6 is 0 Å². The van der Waals surface area contributed by atoms with Gasteiger partial charge in [0.15, 0.2) is 11.2 Å². The van der Waals surface area contributed by atoms with Gasteiger partial charge < -0.3 is 19.4 Å². The van der Waals surface area contributed by atoms with E-state index in [0.29, 0.717) is 37.3 Å². The molecule has 1 aliphatic heterocycles. The van der Waals surface area contributed by atoms with Crippen molar-refractivity contribution in [3.05, 3.63) is 46.3 Å². The number of morpholine rings is 1. The van der Waals surface area contributed by atoms with E-state index in [0.717, 1.165) is 6.07 Å². The molecule has 1 atom stereocenters. The number of amides is 2. The van der Waals surface area contributed by atoms with Gasteiger partial charge >= 0.3 is 0 Å². The third kappa shape index (κ3) is 3.30. The normalized spacial score (nSPS) is 16.0. The van der Waals surface area contributed by atoms with Gasteiger partial charge in [-0.2, -0.15) is 0 Å². The molecule has 3 rings (SSSR count). The summed E-state index contributed by atoms with van der Waals surface area (Å²) in [5.74, 6) is -0.887. The van der Waals surface area contributed by atoms with E-state index in [2.05, 4.69) is 5.32 Å². The van der Waals surface area contributed by atoms with Crippen LogP contribution in [0.2, 0.25) is 0 Å². The largest absolute Gasteiger partial charge is 0.451 e. The first-order chi connectivity index (χ1) is 11.6. The lowest BCUT2D eigenvalue weighted by atomic mass is 10.2. The summed E-state index contributed by atoms with van der Waals surface area (Å²) in [4.78, 5) is 38.3. The van der Waals surface area contributed by atoms with Gasteiger partial charge in [-0.3, -0.25) is 14.4 Å². The van der Waals surface area contributed by atoms with Crippen molar-refractivity contribution < 1.29 is 18.7 Å². The van der Waals surface area contributed by atoms with Gasteiger partial charge in [0.1, 0.15) is 11.6 Å². The van der Waals surface area contributed by atoms with Crippen LogP contribution in [0.3, 0.4) is 0 Å². The first-order valence-corrected chi connectivity index (χ1v) is 7.76. The Morgan fingerprint density at radius 2 is 1.92 bits per heavy atom. The summed E-state index contributed by atoms with van der Waals surface area (Å²) in [5, 5.41) is 2.99. The Morgan fingerprint density at radius 1 is 1.21 bits per heavy atom. The molecular formula is C17H18N2O5. The van der Waals surface area contributed by atoms with Crippen molar-refractivity contribution in [2.45, 2.75) is 13.0 Å². The predicted molar refractivity (Wildman–Crippen MR) is 86.8 cm³/mol. The summed E-state index contributed by atoms with van der Waals surface area (Å²) in [6, 6.07) is 7.12. The van der Waals surface area contributed by atoms with Gasteiger partial charge in [-0.25, -0.2) is 0 Å². The number of hydrogen-bond acceptors (Lipinski definition) is 5. The van der Waals surface area contributed by atoms with Crippen LogP contribution in [-0.2, 0) is 9.53 Å². The lowest BCUT2D eigenvalue weighted by molar-refractivity contribution is -0.136. The molecule has 2 heterocycles. The monoisotopic (exact) mass is 330 g/mol. The van der Waals surface area contributed by atoms with E-state index < -0.39 is 11.9 Å². The van der Waals surface area contributed by atoms with Crippen molar-refractivity contribution in [1.29, 1.82) is 0 Å². The van der Waals surface area contributed by atoms with E-state index in [4.69, 9.17) is 9.15 Å². The molecule has 24 heavy (non-hydrogen) atoms. The Bertz CT molecular complexity index is 823. The van der Waals surface area contributed by atoms with Crippen molar-refractivity contribution in [3.63, 3.8) is 0 Å². The minimum absolute atomic E-state index is 0.111. The number of fused-ring (bicyclic) bond motifs is 1. The Balaban J connectivity index is 1.74. The van der Waals surface area contributed by atoms with Crippen molar-refractivity contribution in [2.24, 2.45) is 0 Å². The standard InChI is InChI=1S/C17H18N2O5/c1-11(17(22)19-6-8-23-9-7-19)18-16(21)15-10-13(20)12-4-2-3-5-14(12)24-15/h2-5,10-11H,6-9H2,1H3,(H,18,21). The van der Waals surface area contributed by atoms with Crippen molar-refractivity contribution in [1.82, 2.24) is 10.2 Å². The maximum absolute atomic E-state index is 12.3. The molecule has 0 spiro atoms. The highest BCUT2D eigenvalue weighted by Crippen LogP contribution is 2.12. The molecule has 1 N–H and O–H groups in total. The zero-order valence-electron chi connectivity index (χ0n) is 13.3. The molecular weight excluding hydrogens is 312 g/mol. The third-order valence-electron chi connectivity index (χ3n) is 3.90. The summed E-state index contributed by atoms with van der Waals surface area (Å²) >= 11 is 0. The number of hydrogen-bond donors (Lipinski definition) is 1. The third-order valence-corrected chi connectivity index (χ3v) is 3.90. The van der Waals surface area contributed by atoms with Gasteiger partial charge in [-0.15, -0.1) is 0 Å². The minimum atomic E-state index is -0.715. The van der Waals surface area contributed by atoms with Gasteiger partial charge in [-0.1, -0.05) is 12.1 Å². The first-order valence-electron chi connectivity index (χ1n) is 7.76. The maximum Gasteiger partial charge on any atom is 0.287 e. The molecule has 0 aliphatic carbocycles. The van der Waals surface area contributed by atoms with Gasteiger partial charge in [-0.05, 0) is 19.1 Å². The molecule has 126 valence electrons. The molecule has 0 saturated carbocycles. The number of nitrogens with one attached hydrogen (secondary N) is 1. The second-order valence-electron chi connectivity index (χ2n) is 5.60. The minimum Gasteiger partial charge on any atom is -0.451 e. The summed E-state index contributed by atoms with van der Waals surface area (Å²) in [5.41, 5.74) is 0.0384. The van der Waals surface area contributed by atoms with E-state index in [1.54, 1.807) is 36.1 Å². The number of rotatable bonds is 3. The summed E-state index contributed by atoms with van der Waals surface area (Å²) in [6.45, 7) is 3.60. The fourth-order valence-corrected chi connectivity index (χ4v) is 2.60. The molecule has 2 amide bonds. The second-order valence-corrected chi connectivity index (χ2v) is 5.60. The molecule has 1 aliphatic rings. The fourth-order valence-electron chi connectivity index (χ4n) is 2.60. The summed E-state index contributed by atoms with van der Waals surface area (Å²) in [6.07, 6.45) is 0. The van der Waals surface area contributed by atoms with Crippen LogP contribution in [0.1, 0.15) is 17.5 Å². The van der Waals surface area contributed by atoms with E-state index in [1.807, 2.05) is 0 Å². The Hall–Kier alpha value is -2.67. The van der Waals surface area contributed by atoms with E-state index in [-0.39, 0.29) is 17.1 Å². The lowest BCUT2D eigenvalue weighted by Crippen LogP contribution is -2.50. The number of benzene rings is 1. The maximum atomic E-state index is 12.3. The van der Waals surface area contributed by atoms with Gasteiger partial charge in [0.2, 0.25) is 5.91 Å². The van der Waals surface area contributed by atoms with Crippen molar-refractivity contribution in [3.8, 4) is 0 Å². The molecule has 1 fully saturated rings. The molecule has 0 bridgehead atoms. The Morgan fingerprint density at radius 3 is 2.67 bits per heavy atom. The highest BCUT2D eigenvalue weighted by molar-refractivity contribution is 5.96. The van der Waals surface area contributed by atoms with Crippen LogP contribution in [0.25, 0.3) is 11.0 Å². The zero-order valence-corrected chi connectivity index (χ0v) is 13.3. The van der Waals surface area contributed by atoms with Crippen LogP contribution < -0.4 is 10.7 Å². The SMILES string of the molecule is CC(NC(=O)c1cc(=O)c2ccccc2o1)C(=O)N1CCOCC1. The summed E-state index contributed by atoms with van der Waals surface area (Å²) in [7, 11) is 0. The summed E-state index contributed by atoms with van der Waals surface area (Å²) < 4.78 is 10.7. The average Bonchev–Trinajstić information content (AvgIpc) is 2.61. The fraction of sp³-hybridized carbons (Fsp3) is 0.353. The number of para-hydroxylation sites is 1. The molecule has 7 heteroatoms. The predicted octanol–water partition coefficient (Wildman–Crippen LogP) is 0.770. The quantitative estimate of drug-likeness (QED) is 0.898. The molecule has 0 radical (unpaired) electrons. The number of carbonyl (C=O) groups excluding carboxylic acids is 2. The second kappa shape index (κ2) is 6.84. The van der Waals surface area contributed by atoms with Crippen molar-refractivity contribution in [2.75, 3.05) is 26.3 Å². The van der Waals surface area contributed by atoms with Crippen LogP contribution in [-0.4, -0.2) is 49.1 Å². The average molecular weight is 330 g/mol. The van der Waals surface area contributed by atoms with Gasteiger partial charge in [0.05, 0.1) is 18.6 Å². The van der Waals surface area contributed by atoms with Crippen LogP contribution in [0.5, 0.6) is 0 Å². The lowest BCUT2D eigenvalue weighted by Gasteiger charge is -2.29. The first kappa shape index (κ1) is 16.2. The van der Waals surface area contributed by atoms with E-state index in [1.165, 1.54) is 0 Å². The highest BCUT2D eigenvalue weighted by Gasteiger charge is 2.25. The molecule has 1 unspecified atom stereocenters. The smallest absolute Gasteiger partial charge is 0.287 e. The molecule has 2 aromatic rings. The van der Waals surface area contributed by atoms with Crippen LogP contribution in [0, 0.1) is 0 Å². The van der Waals surface area contributed by atoms with Crippen molar-refractivity contribution >= 4 is 22.8 Å². The van der Waals surface area contributed by atoms with Gasteiger partial charge in [0, 0.05) is 19.2 Å². The zero-order chi connectivity index (χ0) is 17.1. The number of nitrogens with zero attached hydrogens (tertiary/aromatic N) is 1. The highest BCUT2D eigenvalue weighted by atomic mass is 16.5. The Labute approximate surface area is 138 Å². The van der Waals surface area contributed by atoms with E-state index in [9.17, 15) is 14.4 Å². The Kier molecular flexibility index (Phi) is 4.61. The van der Waals surface area contributed by atoms with Gasteiger partial charge in [0.25, 0.3) is 5.91 Å². The van der Waals surface area contributed by atoms with Crippen LogP contribution in [0.4, 0.5) is 0 Å². The molecule has 1 aromatic heterocycles. The molecule has 1 saturated heterocycles. The molecule has 1 aromatic carbocycles. The topological polar surface area (TPSA) is 88.8 Å². The van der Waals surface area contributed by atoms with E-state index >= 15 is 0 Å².